The molecule has 1 heterocycles. The summed E-state index contributed by atoms with van der Waals surface area (Å²) in [5, 5.41) is 3.81. The standard InChI is InChI=1S/C15H26N2O/c1-5-8-17-9-6-12(7-10-17)16-13-11-14(18-4)15(13,2)3/h1,12-14,16H,6-11H2,2-4H3. The number of ether oxygens (including phenoxy) is 1. The van der Waals surface area contributed by atoms with Crippen LogP contribution in [0.15, 0.2) is 0 Å². The maximum Gasteiger partial charge on any atom is 0.0652 e. The van der Waals surface area contributed by atoms with E-state index in [9.17, 15) is 0 Å². The Balaban J connectivity index is 1.75. The van der Waals surface area contributed by atoms with Crippen molar-refractivity contribution in [2.24, 2.45) is 5.41 Å². The maximum atomic E-state index is 5.50. The van der Waals surface area contributed by atoms with Crippen LogP contribution in [0.2, 0.25) is 0 Å². The average molecular weight is 250 g/mol. The summed E-state index contributed by atoms with van der Waals surface area (Å²) < 4.78 is 5.50. The van der Waals surface area contributed by atoms with Gasteiger partial charge < -0.3 is 10.1 Å². The van der Waals surface area contributed by atoms with E-state index in [-0.39, 0.29) is 5.41 Å². The monoisotopic (exact) mass is 250 g/mol. The lowest BCUT2D eigenvalue weighted by molar-refractivity contribution is -0.101. The third-order valence-electron chi connectivity index (χ3n) is 4.80. The number of nitrogens with zero attached hydrogens (tertiary/aromatic N) is 1. The Morgan fingerprint density at radius 1 is 1.39 bits per heavy atom. The molecular formula is C15H26N2O. The Kier molecular flexibility index (Phi) is 4.32. The molecule has 3 nitrogen and oxygen atoms in total. The van der Waals surface area contributed by atoms with E-state index in [0.717, 1.165) is 26.1 Å². The number of piperidine rings is 1. The largest absolute Gasteiger partial charge is 0.381 e. The first-order chi connectivity index (χ1) is 8.57. The second-order valence-electron chi connectivity index (χ2n) is 6.26. The first-order valence-electron chi connectivity index (χ1n) is 7.02. The smallest absolute Gasteiger partial charge is 0.0652 e. The zero-order chi connectivity index (χ0) is 13.2. The van der Waals surface area contributed by atoms with Gasteiger partial charge in [-0.15, -0.1) is 6.42 Å². The van der Waals surface area contributed by atoms with Crippen LogP contribution in [0.25, 0.3) is 0 Å². The van der Waals surface area contributed by atoms with E-state index >= 15 is 0 Å². The highest BCUT2D eigenvalue weighted by molar-refractivity contribution is 5.04. The minimum absolute atomic E-state index is 0.269. The van der Waals surface area contributed by atoms with E-state index in [1.807, 2.05) is 7.11 Å². The van der Waals surface area contributed by atoms with Crippen LogP contribution < -0.4 is 5.32 Å². The van der Waals surface area contributed by atoms with Crippen molar-refractivity contribution in [1.82, 2.24) is 10.2 Å². The van der Waals surface area contributed by atoms with Crippen molar-refractivity contribution < 1.29 is 4.74 Å². The lowest BCUT2D eigenvalue weighted by Crippen LogP contribution is -2.63. The Morgan fingerprint density at radius 3 is 2.56 bits per heavy atom. The zero-order valence-corrected chi connectivity index (χ0v) is 11.9. The molecule has 1 N–H and O–H groups in total. The highest BCUT2D eigenvalue weighted by atomic mass is 16.5. The van der Waals surface area contributed by atoms with Gasteiger partial charge in [-0.1, -0.05) is 19.8 Å². The number of likely N-dealkylation sites (tertiary alicyclic amines) is 1. The fraction of sp³-hybridized carbons (Fsp3) is 0.867. The summed E-state index contributed by atoms with van der Waals surface area (Å²) in [6, 6.07) is 1.26. The van der Waals surface area contributed by atoms with Gasteiger partial charge in [-0.2, -0.15) is 0 Å². The van der Waals surface area contributed by atoms with Crippen molar-refractivity contribution in [1.29, 1.82) is 0 Å². The molecule has 2 fully saturated rings. The van der Waals surface area contributed by atoms with Crippen LogP contribution in [0.1, 0.15) is 33.1 Å². The molecule has 2 atom stereocenters. The summed E-state index contributed by atoms with van der Waals surface area (Å²) >= 11 is 0. The molecule has 1 saturated carbocycles. The molecule has 1 aliphatic carbocycles. The van der Waals surface area contributed by atoms with E-state index in [1.54, 1.807) is 0 Å². The summed E-state index contributed by atoms with van der Waals surface area (Å²) in [5.41, 5.74) is 0.269. The Bertz CT molecular complexity index is 313. The zero-order valence-electron chi connectivity index (χ0n) is 11.9. The van der Waals surface area contributed by atoms with Crippen LogP contribution >= 0.6 is 0 Å². The number of hydrogen-bond acceptors (Lipinski definition) is 3. The lowest BCUT2D eigenvalue weighted by atomic mass is 9.64. The Labute approximate surface area is 111 Å². The molecule has 0 aromatic rings. The van der Waals surface area contributed by atoms with Gasteiger partial charge in [0, 0.05) is 37.7 Å². The van der Waals surface area contributed by atoms with Crippen molar-refractivity contribution in [3.8, 4) is 12.3 Å². The Morgan fingerprint density at radius 2 is 2.06 bits per heavy atom. The molecule has 0 radical (unpaired) electrons. The minimum atomic E-state index is 0.269. The van der Waals surface area contributed by atoms with Gasteiger partial charge in [0.15, 0.2) is 0 Å². The molecule has 1 aliphatic heterocycles. The molecule has 0 spiro atoms. The van der Waals surface area contributed by atoms with Gasteiger partial charge in [-0.25, -0.2) is 0 Å². The second kappa shape index (κ2) is 5.61. The summed E-state index contributed by atoms with van der Waals surface area (Å²) in [7, 11) is 1.82. The quantitative estimate of drug-likeness (QED) is 0.765. The molecule has 2 unspecified atom stereocenters. The fourth-order valence-electron chi connectivity index (χ4n) is 3.24. The molecule has 0 bridgehead atoms. The first-order valence-corrected chi connectivity index (χ1v) is 7.02. The second-order valence-corrected chi connectivity index (χ2v) is 6.26. The molecule has 2 rings (SSSR count). The van der Waals surface area contributed by atoms with Crippen molar-refractivity contribution >= 4 is 0 Å². The molecule has 0 aromatic heterocycles. The maximum absolute atomic E-state index is 5.50. The summed E-state index contributed by atoms with van der Waals surface area (Å²) in [6.45, 7) is 7.66. The number of terminal acetylenes is 1. The van der Waals surface area contributed by atoms with Crippen LogP contribution in [0, 0.1) is 17.8 Å². The molecule has 18 heavy (non-hydrogen) atoms. The normalized spacial score (nSPS) is 32.8. The van der Waals surface area contributed by atoms with E-state index in [0.29, 0.717) is 18.2 Å². The Hall–Kier alpha value is -0.560. The lowest BCUT2D eigenvalue weighted by Gasteiger charge is -2.53. The SMILES string of the molecule is C#CCN1CCC(NC2CC(OC)C2(C)C)CC1. The van der Waals surface area contributed by atoms with E-state index in [4.69, 9.17) is 11.2 Å². The van der Waals surface area contributed by atoms with Gasteiger partial charge in [-0.05, 0) is 19.3 Å². The summed E-state index contributed by atoms with van der Waals surface area (Å²) in [5.74, 6) is 2.73. The number of nitrogens with one attached hydrogen (secondary N) is 1. The molecule has 3 heteroatoms. The van der Waals surface area contributed by atoms with Gasteiger partial charge in [0.25, 0.3) is 0 Å². The van der Waals surface area contributed by atoms with Crippen molar-refractivity contribution in [2.45, 2.75) is 51.3 Å². The predicted molar refractivity (Wildman–Crippen MR) is 74.4 cm³/mol. The molecule has 0 aromatic carbocycles. The highest BCUT2D eigenvalue weighted by Gasteiger charge is 2.48. The number of hydrogen-bond donors (Lipinski definition) is 1. The van der Waals surface area contributed by atoms with Crippen LogP contribution in [-0.4, -0.2) is 49.8 Å². The van der Waals surface area contributed by atoms with Crippen molar-refractivity contribution in [2.75, 3.05) is 26.7 Å². The number of methoxy groups -OCH3 is 1. The fourth-order valence-corrected chi connectivity index (χ4v) is 3.24. The first kappa shape index (κ1) is 13.9. The van der Waals surface area contributed by atoms with E-state index < -0.39 is 0 Å². The number of rotatable bonds is 4. The topological polar surface area (TPSA) is 24.5 Å². The average Bonchev–Trinajstić information content (AvgIpc) is 2.36. The van der Waals surface area contributed by atoms with Crippen LogP contribution in [-0.2, 0) is 4.74 Å². The summed E-state index contributed by atoms with van der Waals surface area (Å²) in [4.78, 5) is 2.36. The van der Waals surface area contributed by atoms with Gasteiger partial charge in [0.1, 0.15) is 0 Å². The van der Waals surface area contributed by atoms with E-state index in [1.165, 1.54) is 12.8 Å². The molecule has 1 saturated heterocycles. The summed E-state index contributed by atoms with van der Waals surface area (Å²) in [6.07, 6.45) is 9.34. The molecule has 102 valence electrons. The molecule has 2 aliphatic rings. The minimum Gasteiger partial charge on any atom is -0.381 e. The predicted octanol–water partition coefficient (Wildman–Crippen LogP) is 1.49. The molecular weight excluding hydrogens is 224 g/mol. The van der Waals surface area contributed by atoms with Crippen LogP contribution in [0.5, 0.6) is 0 Å². The third kappa shape index (κ3) is 2.71. The van der Waals surface area contributed by atoms with Gasteiger partial charge in [0.2, 0.25) is 0 Å². The van der Waals surface area contributed by atoms with E-state index in [2.05, 4.69) is 30.0 Å². The van der Waals surface area contributed by atoms with Crippen LogP contribution in [0.3, 0.4) is 0 Å². The van der Waals surface area contributed by atoms with Crippen LogP contribution in [0.4, 0.5) is 0 Å². The van der Waals surface area contributed by atoms with Crippen molar-refractivity contribution in [3.05, 3.63) is 0 Å². The molecule has 0 amide bonds. The van der Waals surface area contributed by atoms with Crippen molar-refractivity contribution in [3.63, 3.8) is 0 Å². The van der Waals surface area contributed by atoms with Gasteiger partial charge in [0.05, 0.1) is 12.6 Å². The van der Waals surface area contributed by atoms with Gasteiger partial charge in [-0.3, -0.25) is 4.90 Å². The van der Waals surface area contributed by atoms with Gasteiger partial charge >= 0.3 is 0 Å². The highest BCUT2D eigenvalue weighted by Crippen LogP contribution is 2.42. The third-order valence-corrected chi connectivity index (χ3v) is 4.80.